The van der Waals surface area contributed by atoms with Crippen molar-refractivity contribution in [3.8, 4) is 0 Å². The summed E-state index contributed by atoms with van der Waals surface area (Å²) in [6.07, 6.45) is 1.48. The second-order valence-corrected chi connectivity index (χ2v) is 8.12. The van der Waals surface area contributed by atoms with Gasteiger partial charge in [0, 0.05) is 25.3 Å². The summed E-state index contributed by atoms with van der Waals surface area (Å²) in [5, 5.41) is 5.87. The molecule has 0 radical (unpaired) electrons. The van der Waals surface area contributed by atoms with Crippen molar-refractivity contribution in [2.75, 3.05) is 18.4 Å². The first-order chi connectivity index (χ1) is 13.8. The van der Waals surface area contributed by atoms with Gasteiger partial charge in [-0.15, -0.1) is 0 Å². The molecule has 6 heteroatoms. The van der Waals surface area contributed by atoms with Crippen molar-refractivity contribution in [2.45, 2.75) is 40.2 Å². The topological polar surface area (TPSA) is 61.4 Å². The van der Waals surface area contributed by atoms with Crippen molar-refractivity contribution in [1.82, 2.24) is 10.2 Å². The van der Waals surface area contributed by atoms with E-state index in [9.17, 15) is 14.0 Å². The third-order valence-corrected chi connectivity index (χ3v) is 5.66. The smallest absolute Gasteiger partial charge is 0.321 e. The zero-order valence-corrected chi connectivity index (χ0v) is 17.2. The molecule has 1 heterocycles. The van der Waals surface area contributed by atoms with Crippen LogP contribution in [-0.4, -0.2) is 29.9 Å². The molecule has 3 rings (SSSR count). The largest absolute Gasteiger partial charge is 0.351 e. The number of hydrogen-bond donors (Lipinski definition) is 2. The van der Waals surface area contributed by atoms with E-state index in [1.165, 1.54) is 17.7 Å². The zero-order valence-electron chi connectivity index (χ0n) is 17.2. The number of hydrogen-bond acceptors (Lipinski definition) is 2. The van der Waals surface area contributed by atoms with Crippen LogP contribution in [0.1, 0.15) is 36.5 Å². The molecule has 3 amide bonds. The number of nitrogens with one attached hydrogen (secondary N) is 2. The minimum absolute atomic E-state index is 0.0921. The second kappa shape index (κ2) is 8.64. The van der Waals surface area contributed by atoms with E-state index in [-0.39, 0.29) is 17.8 Å². The van der Waals surface area contributed by atoms with Gasteiger partial charge >= 0.3 is 6.03 Å². The molecule has 0 spiro atoms. The highest BCUT2D eigenvalue weighted by Gasteiger charge is 2.39. The third-order valence-electron chi connectivity index (χ3n) is 5.66. The number of piperidine rings is 1. The summed E-state index contributed by atoms with van der Waals surface area (Å²) in [6.45, 7) is 7.25. The van der Waals surface area contributed by atoms with Crippen molar-refractivity contribution in [3.05, 3.63) is 65.0 Å². The number of rotatable bonds is 4. The number of anilines is 1. The van der Waals surface area contributed by atoms with Crippen LogP contribution in [0.2, 0.25) is 0 Å². The Kier molecular flexibility index (Phi) is 6.20. The van der Waals surface area contributed by atoms with E-state index < -0.39 is 5.41 Å². The zero-order chi connectivity index (χ0) is 21.0. The van der Waals surface area contributed by atoms with Crippen molar-refractivity contribution in [1.29, 1.82) is 0 Å². The Labute approximate surface area is 171 Å². The molecule has 1 saturated heterocycles. The van der Waals surface area contributed by atoms with E-state index in [1.54, 1.807) is 17.0 Å². The van der Waals surface area contributed by atoms with Crippen molar-refractivity contribution in [2.24, 2.45) is 5.41 Å². The molecule has 0 unspecified atom stereocenters. The normalized spacial score (nSPS) is 19.0. The Balaban J connectivity index is 1.60. The van der Waals surface area contributed by atoms with Gasteiger partial charge in [-0.25, -0.2) is 9.18 Å². The van der Waals surface area contributed by atoms with E-state index in [4.69, 9.17) is 0 Å². The van der Waals surface area contributed by atoms with E-state index in [0.29, 0.717) is 19.6 Å². The molecule has 154 valence electrons. The van der Waals surface area contributed by atoms with E-state index >= 15 is 0 Å². The number of likely N-dealkylation sites (tertiary alicyclic amines) is 1. The van der Waals surface area contributed by atoms with Gasteiger partial charge < -0.3 is 15.5 Å². The summed E-state index contributed by atoms with van der Waals surface area (Å²) in [4.78, 5) is 27.3. The SMILES string of the molecule is Cc1ccc(NC(=O)N2CCC[C@](C)(C(=O)NCc3ccc(F)cc3)C2)cc1C. The summed E-state index contributed by atoms with van der Waals surface area (Å²) < 4.78 is 13.0. The average Bonchev–Trinajstić information content (AvgIpc) is 2.70. The summed E-state index contributed by atoms with van der Waals surface area (Å²) in [6, 6.07) is 11.7. The number of halogens is 1. The standard InChI is InChI=1S/C23H28FN3O2/c1-16-5-10-20(13-17(16)2)26-22(29)27-12-4-11-23(3,15-27)21(28)25-14-18-6-8-19(24)9-7-18/h5-10,13H,4,11-12,14-15H2,1-3H3,(H,25,28)(H,26,29)/t23-/m0/s1. The van der Waals surface area contributed by atoms with Crippen LogP contribution in [0.25, 0.3) is 0 Å². The molecule has 0 saturated carbocycles. The van der Waals surface area contributed by atoms with E-state index in [1.807, 2.05) is 39.0 Å². The summed E-state index contributed by atoms with van der Waals surface area (Å²) in [7, 11) is 0. The fourth-order valence-corrected chi connectivity index (χ4v) is 3.62. The molecule has 5 nitrogen and oxygen atoms in total. The van der Waals surface area contributed by atoms with Crippen molar-refractivity contribution < 1.29 is 14.0 Å². The number of amides is 3. The highest BCUT2D eigenvalue weighted by molar-refractivity contribution is 5.90. The Morgan fingerprint density at radius 3 is 2.52 bits per heavy atom. The summed E-state index contributed by atoms with van der Waals surface area (Å²) in [5.74, 6) is -0.393. The maximum atomic E-state index is 13.0. The number of benzene rings is 2. The molecular formula is C23H28FN3O2. The van der Waals surface area contributed by atoms with Crippen LogP contribution < -0.4 is 10.6 Å². The first-order valence-electron chi connectivity index (χ1n) is 9.93. The van der Waals surface area contributed by atoms with Gasteiger partial charge in [0.25, 0.3) is 0 Å². The van der Waals surface area contributed by atoms with Gasteiger partial charge in [0.05, 0.1) is 5.41 Å². The van der Waals surface area contributed by atoms with Crippen LogP contribution >= 0.6 is 0 Å². The molecule has 2 N–H and O–H groups in total. The molecule has 0 aliphatic carbocycles. The third kappa shape index (κ3) is 5.13. The molecule has 2 aromatic carbocycles. The predicted molar refractivity (Wildman–Crippen MR) is 112 cm³/mol. The lowest BCUT2D eigenvalue weighted by Gasteiger charge is -2.39. The fraction of sp³-hybridized carbons (Fsp3) is 0.391. The molecule has 2 aromatic rings. The Hall–Kier alpha value is -2.89. The lowest BCUT2D eigenvalue weighted by atomic mass is 9.81. The van der Waals surface area contributed by atoms with Crippen molar-refractivity contribution >= 4 is 17.6 Å². The van der Waals surface area contributed by atoms with Gasteiger partial charge in [0.2, 0.25) is 5.91 Å². The van der Waals surface area contributed by atoms with Crippen LogP contribution in [-0.2, 0) is 11.3 Å². The van der Waals surface area contributed by atoms with Crippen LogP contribution in [0.3, 0.4) is 0 Å². The second-order valence-electron chi connectivity index (χ2n) is 8.12. The number of urea groups is 1. The molecule has 1 aliphatic heterocycles. The lowest BCUT2D eigenvalue weighted by molar-refractivity contribution is -0.132. The summed E-state index contributed by atoms with van der Waals surface area (Å²) in [5.41, 5.74) is 3.23. The maximum Gasteiger partial charge on any atom is 0.321 e. The van der Waals surface area contributed by atoms with Gasteiger partial charge in [0.15, 0.2) is 0 Å². The Bertz CT molecular complexity index is 897. The Morgan fingerprint density at radius 2 is 1.83 bits per heavy atom. The van der Waals surface area contributed by atoms with Crippen LogP contribution in [0, 0.1) is 25.1 Å². The van der Waals surface area contributed by atoms with Crippen LogP contribution in [0.15, 0.2) is 42.5 Å². The molecule has 29 heavy (non-hydrogen) atoms. The highest BCUT2D eigenvalue weighted by atomic mass is 19.1. The van der Waals surface area contributed by atoms with E-state index in [2.05, 4.69) is 10.6 Å². The molecule has 1 atom stereocenters. The van der Waals surface area contributed by atoms with Gasteiger partial charge in [-0.3, -0.25) is 4.79 Å². The Morgan fingerprint density at radius 1 is 1.10 bits per heavy atom. The molecular weight excluding hydrogens is 369 g/mol. The minimum atomic E-state index is -0.654. The van der Waals surface area contributed by atoms with Gasteiger partial charge in [0.1, 0.15) is 5.82 Å². The van der Waals surface area contributed by atoms with Crippen LogP contribution in [0.5, 0.6) is 0 Å². The highest BCUT2D eigenvalue weighted by Crippen LogP contribution is 2.30. The number of carbonyl (C=O) groups excluding carboxylic acids is 2. The first kappa shape index (κ1) is 20.8. The minimum Gasteiger partial charge on any atom is -0.351 e. The summed E-state index contributed by atoms with van der Waals surface area (Å²) >= 11 is 0. The van der Waals surface area contributed by atoms with Gasteiger partial charge in [-0.2, -0.15) is 0 Å². The number of aryl methyl sites for hydroxylation is 2. The molecule has 1 fully saturated rings. The lowest BCUT2D eigenvalue weighted by Crippen LogP contribution is -2.52. The number of carbonyl (C=O) groups is 2. The van der Waals surface area contributed by atoms with Crippen LogP contribution in [0.4, 0.5) is 14.9 Å². The molecule has 0 bridgehead atoms. The van der Waals surface area contributed by atoms with Gasteiger partial charge in [-0.05, 0) is 74.6 Å². The van der Waals surface area contributed by atoms with E-state index in [0.717, 1.165) is 29.7 Å². The average molecular weight is 397 g/mol. The van der Waals surface area contributed by atoms with Gasteiger partial charge in [-0.1, -0.05) is 18.2 Å². The number of nitrogens with zero attached hydrogens (tertiary/aromatic N) is 1. The predicted octanol–water partition coefficient (Wildman–Crippen LogP) is 4.39. The fourth-order valence-electron chi connectivity index (χ4n) is 3.62. The molecule has 1 aliphatic rings. The van der Waals surface area contributed by atoms with Crippen molar-refractivity contribution in [3.63, 3.8) is 0 Å². The first-order valence-corrected chi connectivity index (χ1v) is 9.93. The maximum absolute atomic E-state index is 13.0. The molecule has 0 aromatic heterocycles. The quantitative estimate of drug-likeness (QED) is 0.804. The monoisotopic (exact) mass is 397 g/mol.